The van der Waals surface area contributed by atoms with Crippen molar-refractivity contribution in [2.24, 2.45) is 0 Å². The van der Waals surface area contributed by atoms with Gasteiger partial charge in [0, 0.05) is 12.6 Å². The highest BCUT2D eigenvalue weighted by Gasteiger charge is 2.24. The fraction of sp³-hybridized carbons (Fsp3) is 0.692. The van der Waals surface area contributed by atoms with Crippen LogP contribution in [0.2, 0.25) is 0 Å². The van der Waals surface area contributed by atoms with Crippen LogP contribution < -0.4 is 10.0 Å². The third-order valence-electron chi connectivity index (χ3n) is 3.51. The summed E-state index contributed by atoms with van der Waals surface area (Å²) in [5.74, 6) is 0. The minimum Gasteiger partial charge on any atom is -0.313 e. The molecule has 0 saturated carbocycles. The van der Waals surface area contributed by atoms with Gasteiger partial charge < -0.3 is 10.2 Å². The summed E-state index contributed by atoms with van der Waals surface area (Å²) in [4.78, 5) is 2.23. The summed E-state index contributed by atoms with van der Waals surface area (Å²) in [5.41, 5.74) is 1.03. The van der Waals surface area contributed by atoms with Gasteiger partial charge in [-0.2, -0.15) is 0 Å². The van der Waals surface area contributed by atoms with Crippen LogP contribution in [0.4, 0.5) is 0 Å². The first-order chi connectivity index (χ1) is 9.51. The highest BCUT2D eigenvalue weighted by Crippen LogP contribution is 2.21. The van der Waals surface area contributed by atoms with E-state index in [0.717, 1.165) is 44.6 Å². The summed E-state index contributed by atoms with van der Waals surface area (Å²) in [6.07, 6.45) is 1.76. The van der Waals surface area contributed by atoms with Gasteiger partial charge in [0.05, 0.1) is 0 Å². The van der Waals surface area contributed by atoms with E-state index in [9.17, 15) is 8.42 Å². The van der Waals surface area contributed by atoms with Crippen molar-refractivity contribution in [2.45, 2.75) is 36.6 Å². The molecule has 2 rings (SSSR count). The molecule has 0 aromatic carbocycles. The Morgan fingerprint density at radius 3 is 2.75 bits per heavy atom. The van der Waals surface area contributed by atoms with Gasteiger partial charge in [-0.3, -0.25) is 0 Å². The number of hydrogen-bond acceptors (Lipinski definition) is 5. The lowest BCUT2D eigenvalue weighted by Gasteiger charge is -2.29. The van der Waals surface area contributed by atoms with E-state index in [1.807, 2.05) is 12.3 Å². The lowest BCUT2D eigenvalue weighted by atomic mass is 10.1. The Kier molecular flexibility index (Phi) is 5.57. The zero-order valence-corrected chi connectivity index (χ0v) is 13.7. The molecule has 0 spiro atoms. The van der Waals surface area contributed by atoms with Crippen molar-refractivity contribution in [1.29, 1.82) is 0 Å². The van der Waals surface area contributed by atoms with Crippen molar-refractivity contribution in [2.75, 3.05) is 26.7 Å². The van der Waals surface area contributed by atoms with Gasteiger partial charge in [0.25, 0.3) is 0 Å². The molecular formula is C13H23N3O2S2. The molecule has 1 fully saturated rings. The van der Waals surface area contributed by atoms with Crippen LogP contribution in [0.3, 0.4) is 0 Å². The van der Waals surface area contributed by atoms with Crippen LogP contribution in [-0.4, -0.2) is 46.0 Å². The minimum absolute atomic E-state index is 0.0653. The third-order valence-corrected chi connectivity index (χ3v) is 6.52. The highest BCUT2D eigenvalue weighted by atomic mass is 32.2. The molecular weight excluding hydrogens is 294 g/mol. The molecule has 0 amide bonds. The zero-order valence-electron chi connectivity index (χ0n) is 12.1. The van der Waals surface area contributed by atoms with Gasteiger partial charge in [-0.15, -0.1) is 11.3 Å². The topological polar surface area (TPSA) is 61.4 Å². The summed E-state index contributed by atoms with van der Waals surface area (Å²) in [6, 6.07) is 1.83. The molecule has 0 aliphatic carbocycles. The zero-order chi connectivity index (χ0) is 14.6. The Bertz CT molecular complexity index is 519. The standard InChI is InChI=1S/C13H23N3O2S2/c1-3-14-9-11-8-13(19-10-11)20(17,18)15-12-4-6-16(2)7-5-12/h8,10,12,14-15H,3-7,9H2,1-2H3. The average molecular weight is 317 g/mol. The predicted molar refractivity (Wildman–Crippen MR) is 82.5 cm³/mol. The van der Waals surface area contributed by atoms with Crippen LogP contribution >= 0.6 is 11.3 Å². The maximum Gasteiger partial charge on any atom is 0.250 e. The first-order valence-electron chi connectivity index (χ1n) is 7.00. The Morgan fingerprint density at radius 2 is 2.10 bits per heavy atom. The van der Waals surface area contributed by atoms with Crippen molar-refractivity contribution in [3.8, 4) is 0 Å². The van der Waals surface area contributed by atoms with E-state index in [1.54, 1.807) is 6.07 Å². The number of nitrogens with zero attached hydrogens (tertiary/aromatic N) is 1. The molecule has 20 heavy (non-hydrogen) atoms. The lowest BCUT2D eigenvalue weighted by Crippen LogP contribution is -2.43. The Labute approximate surface area is 125 Å². The first-order valence-corrected chi connectivity index (χ1v) is 9.36. The smallest absolute Gasteiger partial charge is 0.250 e. The second kappa shape index (κ2) is 7.00. The van der Waals surface area contributed by atoms with Crippen molar-refractivity contribution in [1.82, 2.24) is 14.9 Å². The van der Waals surface area contributed by atoms with Crippen LogP contribution in [0.1, 0.15) is 25.3 Å². The van der Waals surface area contributed by atoms with Crippen LogP contribution in [-0.2, 0) is 16.6 Å². The van der Waals surface area contributed by atoms with E-state index < -0.39 is 10.0 Å². The number of likely N-dealkylation sites (tertiary alicyclic amines) is 1. The van der Waals surface area contributed by atoms with Gasteiger partial charge in [0.1, 0.15) is 4.21 Å². The molecule has 1 aromatic heterocycles. The van der Waals surface area contributed by atoms with E-state index in [4.69, 9.17) is 0 Å². The normalized spacial score (nSPS) is 18.5. The number of piperidine rings is 1. The molecule has 0 atom stereocenters. The number of sulfonamides is 1. The summed E-state index contributed by atoms with van der Waals surface area (Å²) in [7, 11) is -1.29. The fourth-order valence-corrected chi connectivity index (χ4v) is 4.79. The Balaban J connectivity index is 1.97. The molecule has 5 nitrogen and oxygen atoms in total. The van der Waals surface area contributed by atoms with E-state index in [0.29, 0.717) is 4.21 Å². The van der Waals surface area contributed by atoms with E-state index in [2.05, 4.69) is 22.0 Å². The SMILES string of the molecule is CCNCc1csc(S(=O)(=O)NC2CCN(C)CC2)c1. The largest absolute Gasteiger partial charge is 0.313 e. The molecule has 114 valence electrons. The maximum atomic E-state index is 12.3. The van der Waals surface area contributed by atoms with Crippen LogP contribution in [0.25, 0.3) is 0 Å². The monoisotopic (exact) mass is 317 g/mol. The van der Waals surface area contributed by atoms with E-state index in [-0.39, 0.29) is 6.04 Å². The molecule has 7 heteroatoms. The maximum absolute atomic E-state index is 12.3. The average Bonchev–Trinajstić information content (AvgIpc) is 2.88. The molecule has 1 aliphatic heterocycles. The van der Waals surface area contributed by atoms with Crippen LogP contribution in [0.5, 0.6) is 0 Å². The molecule has 1 aliphatic rings. The van der Waals surface area contributed by atoms with Gasteiger partial charge in [0.15, 0.2) is 0 Å². The second-order valence-electron chi connectivity index (χ2n) is 5.25. The number of nitrogens with one attached hydrogen (secondary N) is 2. The quantitative estimate of drug-likeness (QED) is 0.828. The van der Waals surface area contributed by atoms with Crippen LogP contribution in [0, 0.1) is 0 Å². The first kappa shape index (κ1) is 15.9. The molecule has 1 saturated heterocycles. The van der Waals surface area contributed by atoms with E-state index >= 15 is 0 Å². The number of thiophene rings is 1. The molecule has 0 bridgehead atoms. The molecule has 0 unspecified atom stereocenters. The van der Waals surface area contributed by atoms with Crippen molar-refractivity contribution >= 4 is 21.4 Å². The minimum atomic E-state index is -3.36. The van der Waals surface area contributed by atoms with Crippen molar-refractivity contribution in [3.05, 3.63) is 17.0 Å². The summed E-state index contributed by atoms with van der Waals surface area (Å²) in [6.45, 7) is 5.53. The van der Waals surface area contributed by atoms with Crippen molar-refractivity contribution < 1.29 is 8.42 Å². The molecule has 2 heterocycles. The van der Waals surface area contributed by atoms with Crippen molar-refractivity contribution in [3.63, 3.8) is 0 Å². The van der Waals surface area contributed by atoms with Crippen LogP contribution in [0.15, 0.2) is 15.7 Å². The number of hydrogen-bond donors (Lipinski definition) is 2. The molecule has 1 aromatic rings. The van der Waals surface area contributed by atoms with E-state index in [1.165, 1.54) is 11.3 Å². The lowest BCUT2D eigenvalue weighted by molar-refractivity contribution is 0.248. The second-order valence-corrected chi connectivity index (χ2v) is 8.11. The molecule has 0 radical (unpaired) electrons. The number of rotatable bonds is 6. The third kappa shape index (κ3) is 4.26. The van der Waals surface area contributed by atoms with Gasteiger partial charge in [-0.05, 0) is 56.5 Å². The van der Waals surface area contributed by atoms with Gasteiger partial charge in [0.2, 0.25) is 10.0 Å². The predicted octanol–water partition coefficient (Wildman–Crippen LogP) is 1.23. The molecule has 2 N–H and O–H groups in total. The summed E-state index contributed by atoms with van der Waals surface area (Å²) >= 11 is 1.30. The summed E-state index contributed by atoms with van der Waals surface area (Å²) < 4.78 is 27.9. The van der Waals surface area contributed by atoms with Gasteiger partial charge >= 0.3 is 0 Å². The van der Waals surface area contributed by atoms with Gasteiger partial charge in [-0.1, -0.05) is 6.92 Å². The Hall–Kier alpha value is -0.470. The fourth-order valence-electron chi connectivity index (χ4n) is 2.26. The Morgan fingerprint density at radius 1 is 1.40 bits per heavy atom. The summed E-state index contributed by atoms with van der Waals surface area (Å²) in [5, 5.41) is 5.11. The van der Waals surface area contributed by atoms with Gasteiger partial charge in [-0.25, -0.2) is 13.1 Å². The highest BCUT2D eigenvalue weighted by molar-refractivity contribution is 7.91.